The molecule has 3 aliphatic carbocycles. The largest absolute Gasteiger partial charge is 0.407 e. The van der Waals surface area contributed by atoms with Gasteiger partial charge in [0.2, 0.25) is 0 Å². The fraction of sp³-hybridized carbons (Fsp3) is 0.844. The zero-order valence-corrected chi connectivity index (χ0v) is 27.1. The van der Waals surface area contributed by atoms with Gasteiger partial charge in [0.25, 0.3) is 0 Å². The molecule has 0 spiro atoms. The minimum absolute atomic E-state index is 0. The first-order valence-corrected chi connectivity index (χ1v) is 14.1. The van der Waals surface area contributed by atoms with E-state index in [-0.39, 0.29) is 38.8 Å². The van der Waals surface area contributed by atoms with E-state index in [9.17, 15) is 5.11 Å². The Bertz CT molecular complexity index is 729. The molecule has 0 bridgehead atoms. The number of aliphatic hydroxyl groups excluding tert-OH is 1. The van der Waals surface area contributed by atoms with Gasteiger partial charge in [-0.15, -0.1) is 6.08 Å². The van der Waals surface area contributed by atoms with Crippen LogP contribution < -0.4 is 0 Å². The third-order valence-corrected chi connectivity index (χ3v) is 11.5. The fourth-order valence-electron chi connectivity index (χ4n) is 7.92. The van der Waals surface area contributed by atoms with Crippen LogP contribution in [-0.2, 0) is 32.7 Å². The van der Waals surface area contributed by atoms with Crippen molar-refractivity contribution in [2.75, 3.05) is 0 Å². The Morgan fingerprint density at radius 1 is 1.06 bits per heavy atom. The average Bonchev–Trinajstić information content (AvgIpc) is 3.06. The van der Waals surface area contributed by atoms with Gasteiger partial charge in [-0.3, -0.25) is 0 Å². The number of hydrogen-bond donors (Lipinski definition) is 1. The molecule has 0 saturated heterocycles. The van der Waals surface area contributed by atoms with Crippen LogP contribution in [0.5, 0.6) is 0 Å². The molecule has 0 heterocycles. The number of hydrogen-bond acceptors (Lipinski definition) is 1. The molecule has 3 rings (SSSR count). The molecule has 8 atom stereocenters. The quantitative estimate of drug-likeness (QED) is 0.342. The molecule has 3 saturated carbocycles. The van der Waals surface area contributed by atoms with Gasteiger partial charge in [0.05, 0.1) is 0 Å². The molecule has 0 aromatic carbocycles. The van der Waals surface area contributed by atoms with Crippen molar-refractivity contribution in [3.63, 3.8) is 0 Å². The third kappa shape index (κ3) is 6.10. The van der Waals surface area contributed by atoms with E-state index in [2.05, 4.69) is 87.8 Å². The molecule has 1 N–H and O–H groups in total. The van der Waals surface area contributed by atoms with Gasteiger partial charge in [0.15, 0.2) is 0 Å². The van der Waals surface area contributed by atoms with E-state index >= 15 is 0 Å². The number of allylic oxidation sites excluding steroid dienone is 3. The van der Waals surface area contributed by atoms with Crippen LogP contribution in [0.2, 0.25) is 0 Å². The summed E-state index contributed by atoms with van der Waals surface area (Å²) in [5.74, 6) is 4.36. The van der Waals surface area contributed by atoms with Gasteiger partial charge < -0.3 is 5.11 Å². The summed E-state index contributed by atoms with van der Waals surface area (Å²) in [6.07, 6.45) is 15.5. The summed E-state index contributed by atoms with van der Waals surface area (Å²) in [7, 11) is 0. The second-order valence-corrected chi connectivity index (χ2v) is 14.3. The van der Waals surface area contributed by atoms with E-state index in [0.29, 0.717) is 28.1 Å². The Morgan fingerprint density at radius 2 is 1.71 bits per heavy atom. The normalized spacial score (nSPS) is 37.5. The van der Waals surface area contributed by atoms with Crippen molar-refractivity contribution in [3.05, 3.63) is 29.7 Å². The summed E-state index contributed by atoms with van der Waals surface area (Å²) in [6, 6.07) is 0. The number of fused-ring (bicyclic) bond motifs is 1. The summed E-state index contributed by atoms with van der Waals surface area (Å²) < 4.78 is 0. The van der Waals surface area contributed by atoms with Crippen molar-refractivity contribution in [2.45, 2.75) is 120 Å². The Labute approximate surface area is 238 Å². The van der Waals surface area contributed by atoms with E-state index in [4.69, 9.17) is 0 Å². The topological polar surface area (TPSA) is 20.2 Å². The first kappa shape index (κ1) is 30.6. The SMILES string of the molecule is CC(C(C)C(C)C(C)(C)C(C)(C)C)C1CCC2/C(=C/C=C3\[CH-][C@@H](O)C[C@H](C)C3)CCCC21C.[Y]. The van der Waals surface area contributed by atoms with Gasteiger partial charge in [-0.2, -0.15) is 6.42 Å². The van der Waals surface area contributed by atoms with Crippen LogP contribution in [0.25, 0.3) is 0 Å². The van der Waals surface area contributed by atoms with E-state index in [0.717, 1.165) is 36.5 Å². The maximum Gasteiger partial charge on any atom is 0.00896 e. The minimum Gasteiger partial charge on any atom is -0.407 e. The molecular formula is C32H55OY-. The van der Waals surface area contributed by atoms with Gasteiger partial charge in [0.1, 0.15) is 0 Å². The number of aliphatic hydroxyl groups is 1. The molecule has 1 radical (unpaired) electrons. The predicted octanol–water partition coefficient (Wildman–Crippen LogP) is 9.03. The van der Waals surface area contributed by atoms with Crippen LogP contribution in [0.3, 0.4) is 0 Å². The zero-order valence-electron chi connectivity index (χ0n) is 24.2. The van der Waals surface area contributed by atoms with Gasteiger partial charge in [-0.1, -0.05) is 81.2 Å². The average molecular weight is 545 g/mol. The van der Waals surface area contributed by atoms with Crippen LogP contribution >= 0.6 is 0 Å². The van der Waals surface area contributed by atoms with Gasteiger partial charge in [0, 0.05) is 38.8 Å². The summed E-state index contributed by atoms with van der Waals surface area (Å²) in [6.45, 7) is 24.8. The zero-order chi connectivity index (χ0) is 24.8. The van der Waals surface area contributed by atoms with Crippen molar-refractivity contribution in [3.8, 4) is 0 Å². The van der Waals surface area contributed by atoms with Crippen molar-refractivity contribution in [1.29, 1.82) is 0 Å². The second-order valence-electron chi connectivity index (χ2n) is 14.3. The smallest absolute Gasteiger partial charge is 0.00896 e. The molecule has 34 heavy (non-hydrogen) atoms. The molecule has 6 unspecified atom stereocenters. The molecule has 193 valence electrons. The van der Waals surface area contributed by atoms with Crippen LogP contribution in [0.4, 0.5) is 0 Å². The number of rotatable bonds is 5. The maximum atomic E-state index is 10.2. The first-order chi connectivity index (χ1) is 15.2. The second kappa shape index (κ2) is 11.4. The van der Waals surface area contributed by atoms with Crippen LogP contribution in [0.15, 0.2) is 23.3 Å². The van der Waals surface area contributed by atoms with Crippen molar-refractivity contribution in [2.24, 2.45) is 51.8 Å². The first-order valence-electron chi connectivity index (χ1n) is 14.1. The van der Waals surface area contributed by atoms with Crippen LogP contribution in [0, 0.1) is 58.2 Å². The van der Waals surface area contributed by atoms with Crippen molar-refractivity contribution in [1.82, 2.24) is 0 Å². The predicted molar refractivity (Wildman–Crippen MR) is 144 cm³/mol. The van der Waals surface area contributed by atoms with Gasteiger partial charge in [-0.25, -0.2) is 11.6 Å². The molecule has 1 nitrogen and oxygen atoms in total. The standard InChI is InChI=1S/C32H55O.Y/c1-21-18-25(20-27(33)19-21)13-14-26-12-11-17-32(10)28(15-16-29(26)32)23(3)22(2)24(4)31(8,9)30(5,6)7;/h13-14,20-24,27-29,33H,11-12,15-19H2,1-10H3;/q-1;/b25-13-,26-14+;/t21-,22?,23?,24?,27+,28?,29?,32?;/m1./s1. The van der Waals surface area contributed by atoms with E-state index in [1.807, 2.05) is 0 Å². The Hall–Kier alpha value is 0.414. The van der Waals surface area contributed by atoms with Gasteiger partial charge >= 0.3 is 0 Å². The van der Waals surface area contributed by atoms with Crippen LogP contribution in [0.1, 0.15) is 114 Å². The van der Waals surface area contributed by atoms with E-state index < -0.39 is 0 Å². The fourth-order valence-corrected chi connectivity index (χ4v) is 7.92. The molecule has 0 amide bonds. The molecule has 3 aliphatic rings. The molecule has 0 aliphatic heterocycles. The van der Waals surface area contributed by atoms with Crippen LogP contribution in [-0.4, -0.2) is 11.2 Å². The summed E-state index contributed by atoms with van der Waals surface area (Å²) in [5, 5.41) is 10.2. The Morgan fingerprint density at radius 3 is 2.29 bits per heavy atom. The molecule has 2 heteroatoms. The molecule has 0 aromatic rings. The maximum absolute atomic E-state index is 10.2. The molecule has 3 fully saturated rings. The minimum atomic E-state index is -0.257. The molecule has 0 aromatic heterocycles. The summed E-state index contributed by atoms with van der Waals surface area (Å²) >= 11 is 0. The monoisotopic (exact) mass is 544 g/mol. The molecular weight excluding hydrogens is 489 g/mol. The van der Waals surface area contributed by atoms with Gasteiger partial charge in [-0.05, 0) is 90.3 Å². The Balaban J connectivity index is 0.00000408. The van der Waals surface area contributed by atoms with Crippen molar-refractivity contribution >= 4 is 0 Å². The van der Waals surface area contributed by atoms with E-state index in [1.165, 1.54) is 37.7 Å². The third-order valence-electron chi connectivity index (χ3n) is 11.5. The van der Waals surface area contributed by atoms with E-state index in [1.54, 1.807) is 5.57 Å². The summed E-state index contributed by atoms with van der Waals surface area (Å²) in [4.78, 5) is 0. The Kier molecular flexibility index (Phi) is 10.3. The van der Waals surface area contributed by atoms with Crippen molar-refractivity contribution < 1.29 is 37.8 Å². The summed E-state index contributed by atoms with van der Waals surface area (Å²) in [5.41, 5.74) is 4.13.